The Bertz CT molecular complexity index is 889. The molecule has 0 unspecified atom stereocenters. The second kappa shape index (κ2) is 8.16. The molecule has 0 aliphatic heterocycles. The number of aliphatic hydroxyl groups is 1. The van der Waals surface area contributed by atoms with Crippen molar-refractivity contribution in [1.29, 1.82) is 0 Å². The fourth-order valence-corrected chi connectivity index (χ4v) is 2.93. The van der Waals surface area contributed by atoms with E-state index < -0.39 is 17.4 Å². The maximum atomic E-state index is 12.9. The number of halogens is 1. The number of hydrogen-bond donors (Lipinski definition) is 3. The molecule has 2 amide bonds. The molecule has 0 aliphatic carbocycles. The Hall–Kier alpha value is -2.96. The van der Waals surface area contributed by atoms with Crippen LogP contribution in [0.4, 0.5) is 0 Å². The largest absolute Gasteiger partial charge is 0.372 e. The van der Waals surface area contributed by atoms with Crippen LogP contribution in [0, 0.1) is 0 Å². The van der Waals surface area contributed by atoms with Gasteiger partial charge in [-0.3, -0.25) is 20.4 Å². The summed E-state index contributed by atoms with van der Waals surface area (Å²) in [6.07, 6.45) is 0. The van der Waals surface area contributed by atoms with Crippen LogP contribution in [0.5, 0.6) is 0 Å². The van der Waals surface area contributed by atoms with Crippen molar-refractivity contribution in [3.63, 3.8) is 0 Å². The van der Waals surface area contributed by atoms with Crippen LogP contribution in [0.25, 0.3) is 0 Å². The van der Waals surface area contributed by atoms with Gasteiger partial charge in [-0.05, 0) is 35.4 Å². The number of carbonyl (C=O) groups excluding carboxylic acids is 2. The predicted octanol–water partition coefficient (Wildman–Crippen LogP) is 3.15. The minimum atomic E-state index is -1.95. The van der Waals surface area contributed by atoms with Crippen molar-refractivity contribution in [1.82, 2.24) is 10.9 Å². The summed E-state index contributed by atoms with van der Waals surface area (Å²) >= 11 is 3.30. The Kier molecular flexibility index (Phi) is 5.69. The highest BCUT2D eigenvalue weighted by Crippen LogP contribution is 2.29. The second-order valence-electron chi connectivity index (χ2n) is 5.86. The molecule has 0 saturated carbocycles. The summed E-state index contributed by atoms with van der Waals surface area (Å²) in [7, 11) is 0. The van der Waals surface area contributed by atoms with Crippen LogP contribution in [-0.2, 0) is 10.4 Å². The third-order valence-electron chi connectivity index (χ3n) is 4.11. The molecule has 0 spiro atoms. The Morgan fingerprint density at radius 2 is 1.22 bits per heavy atom. The third-order valence-corrected chi connectivity index (χ3v) is 4.64. The van der Waals surface area contributed by atoms with Gasteiger partial charge in [0.25, 0.3) is 11.8 Å². The lowest BCUT2D eigenvalue weighted by Crippen LogP contribution is -2.52. The van der Waals surface area contributed by atoms with E-state index in [0.29, 0.717) is 16.7 Å². The van der Waals surface area contributed by atoms with Gasteiger partial charge in [-0.25, -0.2) is 0 Å². The van der Waals surface area contributed by atoms with Crippen LogP contribution in [0.1, 0.15) is 21.5 Å². The van der Waals surface area contributed by atoms with Crippen LogP contribution >= 0.6 is 15.9 Å². The fraction of sp³-hybridized carbons (Fsp3) is 0.0476. The molecule has 0 aliphatic rings. The average Bonchev–Trinajstić information content (AvgIpc) is 2.73. The second-order valence-corrected chi connectivity index (χ2v) is 6.77. The van der Waals surface area contributed by atoms with Crippen molar-refractivity contribution in [3.05, 3.63) is 106 Å². The molecule has 0 heterocycles. The lowest BCUT2D eigenvalue weighted by atomic mass is 9.85. The van der Waals surface area contributed by atoms with Crippen molar-refractivity contribution in [2.75, 3.05) is 0 Å². The van der Waals surface area contributed by atoms with E-state index in [0.717, 1.165) is 4.47 Å². The summed E-state index contributed by atoms with van der Waals surface area (Å²) in [5.74, 6) is -1.25. The summed E-state index contributed by atoms with van der Waals surface area (Å²) < 4.78 is 0.839. The Morgan fingerprint density at radius 3 is 1.70 bits per heavy atom. The molecule has 0 aromatic heterocycles. The highest BCUT2D eigenvalue weighted by atomic mass is 79.9. The summed E-state index contributed by atoms with van der Waals surface area (Å²) in [6.45, 7) is 0. The highest BCUT2D eigenvalue weighted by Gasteiger charge is 2.40. The molecule has 6 heteroatoms. The molecule has 136 valence electrons. The molecule has 3 aromatic carbocycles. The first kappa shape index (κ1) is 18.8. The van der Waals surface area contributed by atoms with Gasteiger partial charge in [0.05, 0.1) is 0 Å². The van der Waals surface area contributed by atoms with Crippen molar-refractivity contribution in [2.45, 2.75) is 5.60 Å². The Morgan fingerprint density at radius 1 is 0.741 bits per heavy atom. The first-order chi connectivity index (χ1) is 13.0. The van der Waals surface area contributed by atoms with Crippen molar-refractivity contribution >= 4 is 27.7 Å². The number of hydrazine groups is 1. The quantitative estimate of drug-likeness (QED) is 0.562. The van der Waals surface area contributed by atoms with Crippen LogP contribution < -0.4 is 10.9 Å². The molecule has 27 heavy (non-hydrogen) atoms. The van der Waals surface area contributed by atoms with Crippen LogP contribution in [0.3, 0.4) is 0 Å². The van der Waals surface area contributed by atoms with Crippen LogP contribution in [0.2, 0.25) is 0 Å². The van der Waals surface area contributed by atoms with Gasteiger partial charge in [-0.2, -0.15) is 0 Å². The van der Waals surface area contributed by atoms with Crippen molar-refractivity contribution < 1.29 is 14.7 Å². The van der Waals surface area contributed by atoms with Gasteiger partial charge in [0.1, 0.15) is 0 Å². The first-order valence-electron chi connectivity index (χ1n) is 8.21. The van der Waals surface area contributed by atoms with Gasteiger partial charge < -0.3 is 5.11 Å². The van der Waals surface area contributed by atoms with Gasteiger partial charge in [0.15, 0.2) is 5.60 Å². The third kappa shape index (κ3) is 4.07. The van der Waals surface area contributed by atoms with Gasteiger partial charge >= 0.3 is 0 Å². The lowest BCUT2D eigenvalue weighted by molar-refractivity contribution is -0.137. The maximum absolute atomic E-state index is 12.9. The summed E-state index contributed by atoms with van der Waals surface area (Å²) in [5, 5.41) is 11.3. The minimum Gasteiger partial charge on any atom is -0.372 e. The van der Waals surface area contributed by atoms with Crippen molar-refractivity contribution in [3.8, 4) is 0 Å². The van der Waals surface area contributed by atoms with Gasteiger partial charge in [0.2, 0.25) is 0 Å². The predicted molar refractivity (Wildman–Crippen MR) is 106 cm³/mol. The molecule has 5 nitrogen and oxygen atoms in total. The Labute approximate surface area is 165 Å². The van der Waals surface area contributed by atoms with E-state index >= 15 is 0 Å². The van der Waals surface area contributed by atoms with Crippen molar-refractivity contribution in [2.24, 2.45) is 0 Å². The number of hydrogen-bond acceptors (Lipinski definition) is 3. The molecule has 0 radical (unpaired) electrons. The monoisotopic (exact) mass is 424 g/mol. The van der Waals surface area contributed by atoms with Gasteiger partial charge in [0, 0.05) is 10.0 Å². The normalized spacial score (nSPS) is 10.9. The molecular weight excluding hydrogens is 408 g/mol. The topological polar surface area (TPSA) is 78.4 Å². The van der Waals surface area contributed by atoms with E-state index in [4.69, 9.17) is 0 Å². The Balaban J connectivity index is 1.84. The maximum Gasteiger partial charge on any atom is 0.279 e. The summed E-state index contributed by atoms with van der Waals surface area (Å²) in [4.78, 5) is 25.1. The van der Waals surface area contributed by atoms with E-state index in [1.54, 1.807) is 84.9 Å². The molecular formula is C21H17BrN2O3. The smallest absolute Gasteiger partial charge is 0.279 e. The number of rotatable bonds is 4. The molecule has 3 aromatic rings. The fourth-order valence-electron chi connectivity index (χ4n) is 2.66. The number of nitrogens with one attached hydrogen (secondary N) is 2. The number of carbonyl (C=O) groups is 2. The minimum absolute atomic E-state index is 0.376. The van der Waals surface area contributed by atoms with Gasteiger partial charge in [-0.1, -0.05) is 76.6 Å². The molecule has 0 atom stereocenters. The first-order valence-corrected chi connectivity index (χ1v) is 9.01. The zero-order valence-electron chi connectivity index (χ0n) is 14.2. The average molecular weight is 425 g/mol. The highest BCUT2D eigenvalue weighted by molar-refractivity contribution is 9.10. The molecule has 0 bridgehead atoms. The number of benzene rings is 3. The zero-order chi connectivity index (χ0) is 19.3. The molecule has 0 saturated heterocycles. The van der Waals surface area contributed by atoms with E-state index in [2.05, 4.69) is 26.8 Å². The van der Waals surface area contributed by atoms with Crippen LogP contribution in [-0.4, -0.2) is 16.9 Å². The lowest BCUT2D eigenvalue weighted by Gasteiger charge is -2.28. The zero-order valence-corrected chi connectivity index (χ0v) is 15.8. The molecule has 3 rings (SSSR count). The van der Waals surface area contributed by atoms with Crippen LogP contribution in [0.15, 0.2) is 89.4 Å². The van der Waals surface area contributed by atoms with E-state index in [9.17, 15) is 14.7 Å². The number of amides is 2. The van der Waals surface area contributed by atoms with E-state index in [1.165, 1.54) is 0 Å². The van der Waals surface area contributed by atoms with E-state index in [1.807, 2.05) is 0 Å². The molecule has 0 fully saturated rings. The molecule has 3 N–H and O–H groups in total. The standard InChI is InChI=1S/C21H17BrN2O3/c22-18-13-11-15(12-14-18)19(25)23-24-20(26)21(27,16-7-3-1-4-8-16)17-9-5-2-6-10-17/h1-14,27H,(H,23,25)(H,24,26). The SMILES string of the molecule is O=C(NNC(=O)C(O)(c1ccccc1)c1ccccc1)c1ccc(Br)cc1. The summed E-state index contributed by atoms with van der Waals surface area (Å²) in [5.41, 5.74) is 3.90. The summed E-state index contributed by atoms with van der Waals surface area (Å²) in [6, 6.07) is 23.8. The van der Waals surface area contributed by atoms with E-state index in [-0.39, 0.29) is 0 Å². The van der Waals surface area contributed by atoms with Gasteiger partial charge in [-0.15, -0.1) is 0 Å².